The molecule has 1 heterocycles. The Hall–Kier alpha value is -0.0800. The van der Waals surface area contributed by atoms with Gasteiger partial charge in [-0.15, -0.1) is 0 Å². The molecule has 1 aliphatic carbocycles. The molecule has 1 N–H and O–H groups in total. The second-order valence-electron chi connectivity index (χ2n) is 4.70. The third-order valence-electron chi connectivity index (χ3n) is 3.69. The maximum absolute atomic E-state index is 9.60. The average Bonchev–Trinajstić information content (AvgIpc) is 2.51. The van der Waals surface area contributed by atoms with Crippen LogP contribution in [0.15, 0.2) is 0 Å². The zero-order chi connectivity index (χ0) is 9.26. The largest absolute Gasteiger partial charge is 0.393 e. The molecule has 1 aliphatic heterocycles. The van der Waals surface area contributed by atoms with Gasteiger partial charge in [0.15, 0.2) is 0 Å². The summed E-state index contributed by atoms with van der Waals surface area (Å²) in [6.45, 7) is 3.59. The summed E-state index contributed by atoms with van der Waals surface area (Å²) >= 11 is 0. The molecule has 0 radical (unpaired) electrons. The van der Waals surface area contributed by atoms with Crippen LogP contribution in [0.3, 0.4) is 0 Å². The van der Waals surface area contributed by atoms with Gasteiger partial charge in [0.2, 0.25) is 0 Å². The second-order valence-corrected chi connectivity index (χ2v) is 4.70. The second kappa shape index (κ2) is 3.97. The fourth-order valence-corrected chi connectivity index (χ4v) is 2.94. The van der Waals surface area contributed by atoms with Gasteiger partial charge in [-0.05, 0) is 52.0 Å². The molecule has 3 unspecified atom stereocenters. The molecule has 2 rings (SSSR count). The Morgan fingerprint density at radius 2 is 2.00 bits per heavy atom. The van der Waals surface area contributed by atoms with Crippen LogP contribution in [0.5, 0.6) is 0 Å². The van der Waals surface area contributed by atoms with Gasteiger partial charge < -0.3 is 5.11 Å². The zero-order valence-electron chi connectivity index (χ0n) is 8.58. The van der Waals surface area contributed by atoms with E-state index in [2.05, 4.69) is 11.8 Å². The molecule has 13 heavy (non-hydrogen) atoms. The van der Waals surface area contributed by atoms with Crippen LogP contribution >= 0.6 is 0 Å². The standard InChI is InChI=1S/C11H21NO/c1-9-4-3-7-12(9)10-5-2-6-11(13)8-10/h9-11,13H,2-8H2,1H3. The van der Waals surface area contributed by atoms with Crippen molar-refractivity contribution in [2.75, 3.05) is 6.54 Å². The number of hydrogen-bond acceptors (Lipinski definition) is 2. The molecule has 0 aromatic heterocycles. The van der Waals surface area contributed by atoms with Crippen LogP contribution in [-0.4, -0.2) is 34.7 Å². The van der Waals surface area contributed by atoms with Crippen LogP contribution < -0.4 is 0 Å². The van der Waals surface area contributed by atoms with Gasteiger partial charge in [-0.3, -0.25) is 4.90 Å². The van der Waals surface area contributed by atoms with Gasteiger partial charge in [0.25, 0.3) is 0 Å². The molecule has 2 nitrogen and oxygen atoms in total. The van der Waals surface area contributed by atoms with Gasteiger partial charge in [-0.1, -0.05) is 0 Å². The summed E-state index contributed by atoms with van der Waals surface area (Å²) in [6.07, 6.45) is 7.26. The van der Waals surface area contributed by atoms with Gasteiger partial charge in [-0.2, -0.15) is 0 Å². The van der Waals surface area contributed by atoms with E-state index in [1.54, 1.807) is 0 Å². The smallest absolute Gasteiger partial charge is 0.0555 e. The van der Waals surface area contributed by atoms with E-state index in [0.717, 1.165) is 18.9 Å². The normalized spacial score (nSPS) is 42.5. The number of rotatable bonds is 1. The van der Waals surface area contributed by atoms with Crippen LogP contribution in [0.4, 0.5) is 0 Å². The SMILES string of the molecule is CC1CCCN1C1CCCC(O)C1. The first-order valence-corrected chi connectivity index (χ1v) is 5.71. The van der Waals surface area contributed by atoms with Crippen LogP contribution in [0.1, 0.15) is 45.4 Å². The van der Waals surface area contributed by atoms with Gasteiger partial charge in [0.05, 0.1) is 6.10 Å². The minimum Gasteiger partial charge on any atom is -0.393 e. The third-order valence-corrected chi connectivity index (χ3v) is 3.69. The molecule has 0 spiro atoms. The first kappa shape index (κ1) is 9.47. The van der Waals surface area contributed by atoms with E-state index >= 15 is 0 Å². The Morgan fingerprint density at radius 1 is 1.15 bits per heavy atom. The quantitative estimate of drug-likeness (QED) is 0.670. The number of aliphatic hydroxyl groups is 1. The molecule has 2 aliphatic rings. The van der Waals surface area contributed by atoms with Crippen molar-refractivity contribution in [2.45, 2.75) is 63.6 Å². The maximum atomic E-state index is 9.60. The van der Waals surface area contributed by atoms with Crippen LogP contribution in [-0.2, 0) is 0 Å². The fraction of sp³-hybridized carbons (Fsp3) is 1.00. The molecule has 2 heteroatoms. The van der Waals surface area contributed by atoms with E-state index in [-0.39, 0.29) is 6.10 Å². The van der Waals surface area contributed by atoms with E-state index in [9.17, 15) is 5.11 Å². The highest BCUT2D eigenvalue weighted by molar-refractivity contribution is 4.86. The highest BCUT2D eigenvalue weighted by Gasteiger charge is 2.30. The van der Waals surface area contributed by atoms with Crippen molar-refractivity contribution in [3.63, 3.8) is 0 Å². The van der Waals surface area contributed by atoms with E-state index < -0.39 is 0 Å². The molecule has 1 saturated heterocycles. The summed E-state index contributed by atoms with van der Waals surface area (Å²) in [5.74, 6) is 0. The molecule has 3 atom stereocenters. The van der Waals surface area contributed by atoms with Crippen molar-refractivity contribution in [1.29, 1.82) is 0 Å². The number of hydrogen-bond donors (Lipinski definition) is 1. The minimum atomic E-state index is -0.0217. The number of nitrogens with zero attached hydrogens (tertiary/aromatic N) is 1. The van der Waals surface area contributed by atoms with E-state index in [1.807, 2.05) is 0 Å². The van der Waals surface area contributed by atoms with E-state index in [0.29, 0.717) is 6.04 Å². The number of likely N-dealkylation sites (tertiary alicyclic amines) is 1. The van der Waals surface area contributed by atoms with Crippen molar-refractivity contribution >= 4 is 0 Å². The molecular formula is C11H21NO. The maximum Gasteiger partial charge on any atom is 0.0555 e. The molecular weight excluding hydrogens is 162 g/mol. The Bertz CT molecular complexity index is 171. The molecule has 76 valence electrons. The van der Waals surface area contributed by atoms with E-state index in [1.165, 1.54) is 32.2 Å². The molecule has 0 aromatic rings. The van der Waals surface area contributed by atoms with Gasteiger partial charge in [0.1, 0.15) is 0 Å². The predicted molar refractivity (Wildman–Crippen MR) is 53.7 cm³/mol. The lowest BCUT2D eigenvalue weighted by Crippen LogP contribution is -2.41. The van der Waals surface area contributed by atoms with Crippen molar-refractivity contribution in [2.24, 2.45) is 0 Å². The van der Waals surface area contributed by atoms with Gasteiger partial charge in [0, 0.05) is 12.1 Å². The topological polar surface area (TPSA) is 23.5 Å². The Kier molecular flexibility index (Phi) is 2.89. The zero-order valence-corrected chi connectivity index (χ0v) is 8.58. The highest BCUT2D eigenvalue weighted by atomic mass is 16.3. The predicted octanol–water partition coefficient (Wildman–Crippen LogP) is 1.77. The Morgan fingerprint density at radius 3 is 2.62 bits per heavy atom. The summed E-state index contributed by atoms with van der Waals surface area (Å²) in [5.41, 5.74) is 0. The molecule has 0 bridgehead atoms. The fourth-order valence-electron chi connectivity index (χ4n) is 2.94. The summed E-state index contributed by atoms with van der Waals surface area (Å²) in [6, 6.07) is 1.44. The van der Waals surface area contributed by atoms with Crippen LogP contribution in [0.2, 0.25) is 0 Å². The first-order valence-electron chi connectivity index (χ1n) is 5.71. The summed E-state index contributed by atoms with van der Waals surface area (Å²) in [4.78, 5) is 2.61. The van der Waals surface area contributed by atoms with Crippen LogP contribution in [0.25, 0.3) is 0 Å². The Balaban J connectivity index is 1.91. The summed E-state index contributed by atoms with van der Waals surface area (Å²) in [7, 11) is 0. The first-order chi connectivity index (χ1) is 6.27. The molecule has 2 fully saturated rings. The van der Waals surface area contributed by atoms with E-state index in [4.69, 9.17) is 0 Å². The van der Waals surface area contributed by atoms with Crippen LogP contribution in [0, 0.1) is 0 Å². The van der Waals surface area contributed by atoms with Crippen molar-refractivity contribution in [3.8, 4) is 0 Å². The summed E-state index contributed by atoms with van der Waals surface area (Å²) < 4.78 is 0. The molecule has 1 saturated carbocycles. The van der Waals surface area contributed by atoms with Gasteiger partial charge >= 0.3 is 0 Å². The minimum absolute atomic E-state index is 0.0217. The molecule has 0 amide bonds. The Labute approximate surface area is 80.9 Å². The third kappa shape index (κ3) is 2.05. The summed E-state index contributed by atoms with van der Waals surface area (Å²) in [5, 5.41) is 9.60. The van der Waals surface area contributed by atoms with Gasteiger partial charge in [-0.25, -0.2) is 0 Å². The lowest BCUT2D eigenvalue weighted by Gasteiger charge is -2.36. The van der Waals surface area contributed by atoms with Crippen molar-refractivity contribution in [3.05, 3.63) is 0 Å². The lowest BCUT2D eigenvalue weighted by atomic mass is 9.91. The molecule has 0 aromatic carbocycles. The highest BCUT2D eigenvalue weighted by Crippen LogP contribution is 2.28. The average molecular weight is 183 g/mol. The lowest BCUT2D eigenvalue weighted by molar-refractivity contribution is 0.0590. The number of aliphatic hydroxyl groups excluding tert-OH is 1. The van der Waals surface area contributed by atoms with Crippen molar-refractivity contribution in [1.82, 2.24) is 4.90 Å². The van der Waals surface area contributed by atoms with Crippen molar-refractivity contribution < 1.29 is 5.11 Å². The monoisotopic (exact) mass is 183 g/mol.